The maximum atomic E-state index is 13.6. The zero-order chi connectivity index (χ0) is 14.1. The molecule has 0 heterocycles. The van der Waals surface area contributed by atoms with Crippen LogP contribution in [0.5, 0.6) is 5.75 Å². The van der Waals surface area contributed by atoms with Crippen LogP contribution in [0.1, 0.15) is 18.9 Å². The van der Waals surface area contributed by atoms with Gasteiger partial charge < -0.3 is 14.8 Å². The molecule has 0 aromatic heterocycles. The van der Waals surface area contributed by atoms with Gasteiger partial charge >= 0.3 is 0 Å². The van der Waals surface area contributed by atoms with Gasteiger partial charge in [-0.25, -0.2) is 4.39 Å². The molecular weight excluding hydrogens is 245 g/mol. The molecule has 106 valence electrons. The Hall–Kier alpha value is -1.39. The summed E-state index contributed by atoms with van der Waals surface area (Å²) in [6.45, 7) is 4.37. The van der Waals surface area contributed by atoms with Gasteiger partial charge in [-0.15, -0.1) is 0 Å². The van der Waals surface area contributed by atoms with Gasteiger partial charge in [0, 0.05) is 20.2 Å². The van der Waals surface area contributed by atoms with Crippen molar-refractivity contribution in [2.24, 2.45) is 0 Å². The Morgan fingerprint density at radius 1 is 1.37 bits per heavy atom. The van der Waals surface area contributed by atoms with Gasteiger partial charge in [-0.2, -0.15) is 0 Å². The SMILES string of the molecule is CCC(=Cc1ccc(OC)c(F)c1)CNCCOC. The smallest absolute Gasteiger partial charge is 0.165 e. The molecule has 0 fully saturated rings. The van der Waals surface area contributed by atoms with Crippen LogP contribution in [0, 0.1) is 5.82 Å². The Balaban J connectivity index is 2.66. The van der Waals surface area contributed by atoms with E-state index >= 15 is 0 Å². The van der Waals surface area contributed by atoms with E-state index in [0.29, 0.717) is 6.61 Å². The monoisotopic (exact) mass is 267 g/mol. The number of hydrogen-bond donors (Lipinski definition) is 1. The number of methoxy groups -OCH3 is 2. The topological polar surface area (TPSA) is 30.5 Å². The fourth-order valence-electron chi connectivity index (χ4n) is 1.71. The van der Waals surface area contributed by atoms with Gasteiger partial charge in [0.25, 0.3) is 0 Å². The molecular formula is C15H22FNO2. The number of nitrogens with one attached hydrogen (secondary N) is 1. The summed E-state index contributed by atoms with van der Waals surface area (Å²) < 4.78 is 23.4. The first kappa shape index (κ1) is 15.7. The van der Waals surface area contributed by atoms with Crippen molar-refractivity contribution < 1.29 is 13.9 Å². The van der Waals surface area contributed by atoms with Gasteiger partial charge in [0.2, 0.25) is 0 Å². The maximum absolute atomic E-state index is 13.6. The molecule has 0 bridgehead atoms. The van der Waals surface area contributed by atoms with E-state index in [1.54, 1.807) is 13.2 Å². The second-order valence-corrected chi connectivity index (χ2v) is 4.22. The highest BCUT2D eigenvalue weighted by molar-refractivity contribution is 5.54. The third-order valence-electron chi connectivity index (χ3n) is 2.84. The first-order chi connectivity index (χ1) is 9.21. The van der Waals surface area contributed by atoms with Gasteiger partial charge in [-0.3, -0.25) is 0 Å². The van der Waals surface area contributed by atoms with Gasteiger partial charge in [-0.1, -0.05) is 24.6 Å². The zero-order valence-corrected chi connectivity index (χ0v) is 11.8. The highest BCUT2D eigenvalue weighted by atomic mass is 19.1. The molecule has 1 aromatic rings. The van der Waals surface area contributed by atoms with Gasteiger partial charge in [0.15, 0.2) is 11.6 Å². The van der Waals surface area contributed by atoms with Crippen LogP contribution in [-0.2, 0) is 4.74 Å². The number of rotatable bonds is 8. The van der Waals surface area contributed by atoms with Gasteiger partial charge in [-0.05, 0) is 24.1 Å². The van der Waals surface area contributed by atoms with E-state index in [4.69, 9.17) is 9.47 Å². The van der Waals surface area contributed by atoms with E-state index in [-0.39, 0.29) is 11.6 Å². The van der Waals surface area contributed by atoms with Gasteiger partial charge in [0.1, 0.15) is 0 Å². The standard InChI is InChI=1S/C15H22FNO2/c1-4-12(11-17-7-8-18-2)9-13-5-6-15(19-3)14(16)10-13/h5-6,9-10,17H,4,7-8,11H2,1-3H3. The number of hydrogen-bond acceptors (Lipinski definition) is 3. The third kappa shape index (κ3) is 5.41. The van der Waals surface area contributed by atoms with Crippen molar-refractivity contribution in [2.75, 3.05) is 33.9 Å². The molecule has 4 heteroatoms. The molecule has 0 aliphatic carbocycles. The Labute approximate surface area is 114 Å². The molecule has 1 aromatic carbocycles. The van der Waals surface area contributed by atoms with Crippen molar-refractivity contribution in [2.45, 2.75) is 13.3 Å². The molecule has 1 rings (SSSR count). The predicted octanol–water partition coefficient (Wildman–Crippen LogP) is 2.86. The van der Waals surface area contributed by atoms with Crippen LogP contribution in [-0.4, -0.2) is 33.9 Å². The summed E-state index contributed by atoms with van der Waals surface area (Å²) in [5.41, 5.74) is 2.07. The molecule has 19 heavy (non-hydrogen) atoms. The van der Waals surface area contributed by atoms with Crippen LogP contribution < -0.4 is 10.1 Å². The molecule has 1 N–H and O–H groups in total. The van der Waals surface area contributed by atoms with E-state index in [2.05, 4.69) is 12.2 Å². The number of halogens is 1. The van der Waals surface area contributed by atoms with Crippen LogP contribution in [0.4, 0.5) is 4.39 Å². The number of ether oxygens (including phenoxy) is 2. The molecule has 3 nitrogen and oxygen atoms in total. The summed E-state index contributed by atoms with van der Waals surface area (Å²) in [4.78, 5) is 0. The lowest BCUT2D eigenvalue weighted by atomic mass is 10.1. The quantitative estimate of drug-likeness (QED) is 0.735. The maximum Gasteiger partial charge on any atom is 0.165 e. The molecule has 0 saturated heterocycles. The second kappa shape index (κ2) is 8.67. The first-order valence-electron chi connectivity index (χ1n) is 6.43. The van der Waals surface area contributed by atoms with Crippen molar-refractivity contribution in [3.05, 3.63) is 35.2 Å². The molecule has 0 aliphatic heterocycles. The van der Waals surface area contributed by atoms with Crippen LogP contribution in [0.2, 0.25) is 0 Å². The third-order valence-corrected chi connectivity index (χ3v) is 2.84. The summed E-state index contributed by atoms with van der Waals surface area (Å²) in [6.07, 6.45) is 2.93. The highest BCUT2D eigenvalue weighted by Gasteiger charge is 2.02. The molecule has 0 atom stereocenters. The Kier molecular flexibility index (Phi) is 7.15. The van der Waals surface area contributed by atoms with Crippen LogP contribution in [0.3, 0.4) is 0 Å². The lowest BCUT2D eigenvalue weighted by molar-refractivity contribution is 0.200. The Morgan fingerprint density at radius 2 is 2.16 bits per heavy atom. The summed E-state index contributed by atoms with van der Waals surface area (Å²) in [7, 11) is 3.14. The minimum Gasteiger partial charge on any atom is -0.494 e. The largest absolute Gasteiger partial charge is 0.494 e. The molecule has 0 unspecified atom stereocenters. The van der Waals surface area contributed by atoms with Crippen LogP contribution in [0.15, 0.2) is 23.8 Å². The van der Waals surface area contributed by atoms with Crippen molar-refractivity contribution in [3.63, 3.8) is 0 Å². The predicted molar refractivity (Wildman–Crippen MR) is 76.0 cm³/mol. The van der Waals surface area contributed by atoms with Crippen molar-refractivity contribution >= 4 is 6.08 Å². The van der Waals surface area contributed by atoms with Crippen LogP contribution in [0.25, 0.3) is 6.08 Å². The molecule has 0 aliphatic rings. The summed E-state index contributed by atoms with van der Waals surface area (Å²) in [5, 5.41) is 3.28. The van der Waals surface area contributed by atoms with E-state index in [1.807, 2.05) is 12.1 Å². The normalized spacial score (nSPS) is 11.7. The van der Waals surface area contributed by atoms with E-state index in [1.165, 1.54) is 18.7 Å². The summed E-state index contributed by atoms with van der Waals surface area (Å²) in [5.74, 6) is -0.0625. The molecule has 0 spiro atoms. The lowest BCUT2D eigenvalue weighted by Crippen LogP contribution is -2.21. The molecule has 0 radical (unpaired) electrons. The van der Waals surface area contributed by atoms with E-state index in [9.17, 15) is 4.39 Å². The fraction of sp³-hybridized carbons (Fsp3) is 0.467. The average molecular weight is 267 g/mol. The Morgan fingerprint density at radius 3 is 2.74 bits per heavy atom. The van der Waals surface area contributed by atoms with Crippen molar-refractivity contribution in [1.29, 1.82) is 0 Å². The Bertz CT molecular complexity index is 419. The first-order valence-corrected chi connectivity index (χ1v) is 6.43. The van der Waals surface area contributed by atoms with Crippen LogP contribution >= 0.6 is 0 Å². The number of benzene rings is 1. The highest BCUT2D eigenvalue weighted by Crippen LogP contribution is 2.19. The zero-order valence-electron chi connectivity index (χ0n) is 11.8. The average Bonchev–Trinajstić information content (AvgIpc) is 2.42. The van der Waals surface area contributed by atoms with E-state index < -0.39 is 0 Å². The fourth-order valence-corrected chi connectivity index (χ4v) is 1.71. The summed E-state index contributed by atoms with van der Waals surface area (Å²) >= 11 is 0. The van der Waals surface area contributed by atoms with Crippen molar-refractivity contribution in [3.8, 4) is 5.75 Å². The molecule has 0 saturated carbocycles. The van der Waals surface area contributed by atoms with E-state index in [0.717, 1.165) is 25.1 Å². The minimum atomic E-state index is -0.334. The van der Waals surface area contributed by atoms with Gasteiger partial charge in [0.05, 0.1) is 13.7 Å². The minimum absolute atomic E-state index is 0.272. The van der Waals surface area contributed by atoms with Crippen molar-refractivity contribution in [1.82, 2.24) is 5.32 Å². The lowest BCUT2D eigenvalue weighted by Gasteiger charge is -2.08. The molecule has 0 amide bonds. The summed E-state index contributed by atoms with van der Waals surface area (Å²) in [6, 6.07) is 4.99. The second-order valence-electron chi connectivity index (χ2n) is 4.22.